The largest absolute Gasteiger partial charge is 0.481 e. The molecular formula is C14H15F2N3O. The van der Waals surface area contributed by atoms with E-state index in [9.17, 15) is 8.78 Å². The summed E-state index contributed by atoms with van der Waals surface area (Å²) in [7, 11) is 3.20. The molecule has 20 heavy (non-hydrogen) atoms. The van der Waals surface area contributed by atoms with Crippen LogP contribution in [0, 0.1) is 11.6 Å². The van der Waals surface area contributed by atoms with Gasteiger partial charge in [0.05, 0.1) is 18.8 Å². The maximum absolute atomic E-state index is 13.7. The number of rotatable bonds is 5. The third kappa shape index (κ3) is 3.08. The molecule has 0 spiro atoms. The van der Waals surface area contributed by atoms with E-state index in [0.29, 0.717) is 11.6 Å². The Morgan fingerprint density at radius 3 is 2.55 bits per heavy atom. The van der Waals surface area contributed by atoms with Crippen molar-refractivity contribution in [3.63, 3.8) is 0 Å². The number of benzene rings is 1. The number of nitrogens with one attached hydrogen (secondary N) is 1. The van der Waals surface area contributed by atoms with Crippen LogP contribution in [0.1, 0.15) is 17.3 Å². The van der Waals surface area contributed by atoms with E-state index in [2.05, 4.69) is 15.3 Å². The summed E-state index contributed by atoms with van der Waals surface area (Å²) in [6.07, 6.45) is 1.51. The fourth-order valence-electron chi connectivity index (χ4n) is 1.94. The number of nitrogens with zero attached hydrogens (tertiary/aromatic N) is 2. The first-order chi connectivity index (χ1) is 9.65. The van der Waals surface area contributed by atoms with Gasteiger partial charge in [-0.3, -0.25) is 0 Å². The Labute approximate surface area is 115 Å². The smallest absolute Gasteiger partial charge is 0.216 e. The Hall–Kier alpha value is -2.08. The molecule has 1 unspecified atom stereocenters. The van der Waals surface area contributed by atoms with Gasteiger partial charge in [0.25, 0.3) is 0 Å². The Morgan fingerprint density at radius 2 is 1.95 bits per heavy atom. The molecule has 1 aromatic carbocycles. The van der Waals surface area contributed by atoms with Crippen LogP contribution in [-0.2, 0) is 6.42 Å². The molecule has 0 saturated carbocycles. The average molecular weight is 279 g/mol. The van der Waals surface area contributed by atoms with Gasteiger partial charge in [0.15, 0.2) is 0 Å². The summed E-state index contributed by atoms with van der Waals surface area (Å²) in [6, 6.07) is 5.13. The lowest BCUT2D eigenvalue weighted by molar-refractivity contribution is 0.394. The Balaban J connectivity index is 2.29. The highest BCUT2D eigenvalue weighted by Crippen LogP contribution is 2.22. The third-order valence-electron chi connectivity index (χ3n) is 3.05. The second kappa shape index (κ2) is 6.38. The minimum atomic E-state index is -0.564. The van der Waals surface area contributed by atoms with E-state index in [0.717, 1.165) is 0 Å². The number of hydrogen-bond acceptors (Lipinski definition) is 4. The monoisotopic (exact) mass is 279 g/mol. The normalized spacial score (nSPS) is 12.2. The van der Waals surface area contributed by atoms with Gasteiger partial charge in [-0.05, 0) is 25.6 Å². The van der Waals surface area contributed by atoms with E-state index >= 15 is 0 Å². The van der Waals surface area contributed by atoms with Crippen LogP contribution in [0.4, 0.5) is 8.78 Å². The number of hydrogen-bond donors (Lipinski definition) is 1. The molecule has 1 atom stereocenters. The molecule has 2 rings (SSSR count). The maximum Gasteiger partial charge on any atom is 0.216 e. The van der Waals surface area contributed by atoms with Crippen molar-refractivity contribution in [3.05, 3.63) is 53.5 Å². The number of halogens is 2. The lowest BCUT2D eigenvalue weighted by atomic mass is 10.0. The van der Waals surface area contributed by atoms with Gasteiger partial charge in [0.2, 0.25) is 5.88 Å². The van der Waals surface area contributed by atoms with E-state index in [1.807, 2.05) is 0 Å². The fourth-order valence-corrected chi connectivity index (χ4v) is 1.94. The summed E-state index contributed by atoms with van der Waals surface area (Å²) in [5, 5.41) is 2.99. The first kappa shape index (κ1) is 14.3. The molecule has 0 bridgehead atoms. The lowest BCUT2D eigenvalue weighted by Crippen LogP contribution is -2.21. The second-order valence-corrected chi connectivity index (χ2v) is 4.23. The number of aromatic nitrogens is 2. The van der Waals surface area contributed by atoms with Gasteiger partial charge in [-0.2, -0.15) is 0 Å². The van der Waals surface area contributed by atoms with Crippen molar-refractivity contribution >= 4 is 0 Å². The Bertz CT molecular complexity index is 572. The summed E-state index contributed by atoms with van der Waals surface area (Å²) in [5.74, 6) is -0.721. The molecule has 0 aliphatic heterocycles. The molecular weight excluding hydrogens is 264 g/mol. The summed E-state index contributed by atoms with van der Waals surface area (Å²) in [6.45, 7) is 0. The molecule has 2 aromatic rings. The summed E-state index contributed by atoms with van der Waals surface area (Å²) in [5.41, 5.74) is 0.645. The van der Waals surface area contributed by atoms with Gasteiger partial charge in [0.1, 0.15) is 18.0 Å². The molecule has 0 saturated heterocycles. The molecule has 0 radical (unpaired) electrons. The van der Waals surface area contributed by atoms with Crippen LogP contribution in [0.2, 0.25) is 0 Å². The molecule has 4 nitrogen and oxygen atoms in total. The van der Waals surface area contributed by atoms with Crippen molar-refractivity contribution in [1.82, 2.24) is 15.3 Å². The zero-order valence-electron chi connectivity index (χ0n) is 11.2. The highest BCUT2D eigenvalue weighted by molar-refractivity contribution is 5.24. The maximum atomic E-state index is 13.7. The first-order valence-corrected chi connectivity index (χ1v) is 6.11. The zero-order valence-corrected chi connectivity index (χ0v) is 11.2. The number of methoxy groups -OCH3 is 1. The quantitative estimate of drug-likeness (QED) is 0.912. The van der Waals surface area contributed by atoms with Gasteiger partial charge in [0, 0.05) is 11.6 Å². The molecule has 1 N–H and O–H groups in total. The van der Waals surface area contributed by atoms with Crippen LogP contribution in [0.25, 0.3) is 0 Å². The summed E-state index contributed by atoms with van der Waals surface area (Å²) in [4.78, 5) is 8.02. The predicted molar refractivity (Wildman–Crippen MR) is 70.4 cm³/mol. The minimum absolute atomic E-state index is 0.0319. The lowest BCUT2D eigenvalue weighted by Gasteiger charge is -2.16. The number of likely N-dealkylation sites (N-methyl/N-ethyl adjacent to an activating group) is 1. The molecule has 0 aliphatic rings. The van der Waals surface area contributed by atoms with Gasteiger partial charge in [-0.1, -0.05) is 6.07 Å². The van der Waals surface area contributed by atoms with Crippen LogP contribution in [0.5, 0.6) is 5.88 Å². The van der Waals surface area contributed by atoms with Crippen molar-refractivity contribution in [3.8, 4) is 5.88 Å². The predicted octanol–water partition coefficient (Wildman–Crippen LogP) is 2.27. The van der Waals surface area contributed by atoms with Crippen molar-refractivity contribution < 1.29 is 13.5 Å². The summed E-state index contributed by atoms with van der Waals surface area (Å²) < 4.78 is 32.4. The van der Waals surface area contributed by atoms with Crippen LogP contribution in [0.15, 0.2) is 30.6 Å². The van der Waals surface area contributed by atoms with Gasteiger partial charge >= 0.3 is 0 Å². The number of ether oxygens (including phenoxy) is 1. The highest BCUT2D eigenvalue weighted by Gasteiger charge is 2.17. The van der Waals surface area contributed by atoms with E-state index < -0.39 is 11.6 Å². The fraction of sp³-hybridized carbons (Fsp3) is 0.286. The van der Waals surface area contributed by atoms with Crippen molar-refractivity contribution in [2.45, 2.75) is 12.5 Å². The molecule has 0 aliphatic carbocycles. The Morgan fingerprint density at radius 1 is 1.25 bits per heavy atom. The molecule has 1 aromatic heterocycles. The minimum Gasteiger partial charge on any atom is -0.481 e. The SMILES string of the molecule is CNC(Cc1c(F)cccc1F)c1cc(OC)ncn1. The topological polar surface area (TPSA) is 47.0 Å². The first-order valence-electron chi connectivity index (χ1n) is 6.11. The van der Waals surface area contributed by atoms with Crippen molar-refractivity contribution in [2.24, 2.45) is 0 Å². The van der Waals surface area contributed by atoms with E-state index in [-0.39, 0.29) is 18.0 Å². The molecule has 6 heteroatoms. The molecule has 0 amide bonds. The second-order valence-electron chi connectivity index (χ2n) is 4.23. The van der Waals surface area contributed by atoms with Crippen LogP contribution in [0.3, 0.4) is 0 Å². The summed E-state index contributed by atoms with van der Waals surface area (Å²) >= 11 is 0. The van der Waals surface area contributed by atoms with E-state index in [1.165, 1.54) is 31.6 Å². The van der Waals surface area contributed by atoms with Crippen molar-refractivity contribution in [2.75, 3.05) is 14.2 Å². The van der Waals surface area contributed by atoms with Gasteiger partial charge in [-0.25, -0.2) is 18.7 Å². The van der Waals surface area contributed by atoms with Gasteiger partial charge < -0.3 is 10.1 Å². The van der Waals surface area contributed by atoms with Gasteiger partial charge in [-0.15, -0.1) is 0 Å². The van der Waals surface area contributed by atoms with E-state index in [1.54, 1.807) is 13.1 Å². The standard InChI is InChI=1S/C14H15F2N3O/c1-17-12(13-7-14(20-2)19-8-18-13)6-9-10(15)4-3-5-11(9)16/h3-5,7-8,12,17H,6H2,1-2H3. The van der Waals surface area contributed by atoms with Crippen LogP contribution < -0.4 is 10.1 Å². The van der Waals surface area contributed by atoms with Crippen molar-refractivity contribution in [1.29, 1.82) is 0 Å². The Kier molecular flexibility index (Phi) is 4.57. The third-order valence-corrected chi connectivity index (χ3v) is 3.05. The van der Waals surface area contributed by atoms with Crippen LogP contribution in [-0.4, -0.2) is 24.1 Å². The van der Waals surface area contributed by atoms with E-state index in [4.69, 9.17) is 4.74 Å². The molecule has 106 valence electrons. The molecule has 0 fully saturated rings. The zero-order chi connectivity index (χ0) is 14.5. The molecule has 1 heterocycles. The van der Waals surface area contributed by atoms with Crippen LogP contribution >= 0.6 is 0 Å². The highest BCUT2D eigenvalue weighted by atomic mass is 19.1. The average Bonchev–Trinajstić information content (AvgIpc) is 2.47.